The number of aromatic nitrogens is 2. The van der Waals surface area contributed by atoms with E-state index in [1.807, 2.05) is 30.3 Å². The molecule has 2 aromatic heterocycles. The molecule has 2 aromatic carbocycles. The Labute approximate surface area is 146 Å². The maximum absolute atomic E-state index is 12.3. The number of hydrogen-bond acceptors (Lipinski definition) is 3. The lowest BCUT2D eigenvalue weighted by Crippen LogP contribution is -2.02. The number of H-pyrrole nitrogens is 1. The summed E-state index contributed by atoms with van der Waals surface area (Å²) in [4.78, 5) is 15.4. The highest BCUT2D eigenvalue weighted by molar-refractivity contribution is 7.71. The second-order valence-corrected chi connectivity index (χ2v) is 6.13. The van der Waals surface area contributed by atoms with Crippen LogP contribution in [-0.4, -0.2) is 9.55 Å². The standard InChI is InChI=1S/C18H11ClN2O2S/c19-12-5-7-13(8-6-12)21-10-15(20-18(21)24)14-9-11-3-1-2-4-16(11)23-17(14)22/h1-10H,(H,20,24). The summed E-state index contributed by atoms with van der Waals surface area (Å²) < 4.78 is 7.65. The Kier molecular flexibility index (Phi) is 3.59. The molecule has 0 fully saturated rings. The molecule has 4 aromatic rings. The van der Waals surface area contributed by atoms with Crippen LogP contribution in [0.3, 0.4) is 0 Å². The summed E-state index contributed by atoms with van der Waals surface area (Å²) in [5.74, 6) is 0. The first-order valence-corrected chi connectivity index (χ1v) is 8.01. The van der Waals surface area contributed by atoms with E-state index in [4.69, 9.17) is 28.2 Å². The quantitative estimate of drug-likeness (QED) is 0.409. The Morgan fingerprint density at radius 1 is 1.08 bits per heavy atom. The second kappa shape index (κ2) is 5.78. The number of imidazole rings is 1. The second-order valence-electron chi connectivity index (χ2n) is 5.30. The van der Waals surface area contributed by atoms with Crippen molar-refractivity contribution in [2.24, 2.45) is 0 Å². The normalized spacial score (nSPS) is 11.0. The number of rotatable bonds is 2. The van der Waals surface area contributed by atoms with Crippen LogP contribution in [0.1, 0.15) is 0 Å². The summed E-state index contributed by atoms with van der Waals surface area (Å²) >= 11 is 11.3. The van der Waals surface area contributed by atoms with Gasteiger partial charge in [0.25, 0.3) is 0 Å². The number of nitrogens with one attached hydrogen (secondary N) is 1. The molecular weight excluding hydrogens is 344 g/mol. The molecule has 0 saturated carbocycles. The number of fused-ring (bicyclic) bond motifs is 1. The summed E-state index contributed by atoms with van der Waals surface area (Å²) in [5, 5.41) is 1.50. The van der Waals surface area contributed by atoms with Gasteiger partial charge in [-0.1, -0.05) is 29.8 Å². The summed E-state index contributed by atoms with van der Waals surface area (Å²) in [6.45, 7) is 0. The number of nitrogens with zero attached hydrogens (tertiary/aromatic N) is 1. The van der Waals surface area contributed by atoms with Crippen molar-refractivity contribution in [2.45, 2.75) is 0 Å². The van der Waals surface area contributed by atoms with Crippen LogP contribution >= 0.6 is 23.8 Å². The van der Waals surface area contributed by atoms with Crippen LogP contribution in [0.25, 0.3) is 27.9 Å². The van der Waals surface area contributed by atoms with Crippen molar-refractivity contribution in [3.63, 3.8) is 0 Å². The summed E-state index contributed by atoms with van der Waals surface area (Å²) in [6, 6.07) is 16.5. The Morgan fingerprint density at radius 3 is 2.62 bits per heavy atom. The first-order valence-electron chi connectivity index (χ1n) is 7.23. The molecule has 0 radical (unpaired) electrons. The van der Waals surface area contributed by atoms with Crippen LogP contribution in [0.15, 0.2) is 70.0 Å². The van der Waals surface area contributed by atoms with E-state index in [9.17, 15) is 4.79 Å². The molecule has 0 unspecified atom stereocenters. The average molecular weight is 355 g/mol. The summed E-state index contributed by atoms with van der Waals surface area (Å²) in [5.41, 5.74) is 2.05. The minimum Gasteiger partial charge on any atom is -0.422 e. The molecule has 0 atom stereocenters. The molecule has 1 N–H and O–H groups in total. The SMILES string of the molecule is O=c1oc2ccccc2cc1-c1cn(-c2ccc(Cl)cc2)c(=S)[nH]1. The van der Waals surface area contributed by atoms with Gasteiger partial charge in [-0.25, -0.2) is 4.79 Å². The monoisotopic (exact) mass is 354 g/mol. The van der Waals surface area contributed by atoms with E-state index < -0.39 is 5.63 Å². The first kappa shape index (κ1) is 14.9. The number of para-hydroxylation sites is 1. The highest BCUT2D eigenvalue weighted by atomic mass is 35.5. The number of benzene rings is 2. The zero-order valence-electron chi connectivity index (χ0n) is 12.3. The molecule has 0 aliphatic heterocycles. The highest BCUT2D eigenvalue weighted by Crippen LogP contribution is 2.22. The molecular formula is C18H11ClN2O2S. The van der Waals surface area contributed by atoms with Crippen molar-refractivity contribution in [1.82, 2.24) is 9.55 Å². The number of aromatic amines is 1. The lowest BCUT2D eigenvalue weighted by molar-refractivity contribution is 0.563. The third kappa shape index (κ3) is 2.58. The molecule has 0 spiro atoms. The minimum absolute atomic E-state index is 0.409. The molecule has 0 aliphatic rings. The number of halogens is 1. The fourth-order valence-corrected chi connectivity index (χ4v) is 2.97. The Hall–Kier alpha value is -2.63. The lowest BCUT2D eigenvalue weighted by Gasteiger charge is -2.02. The maximum Gasteiger partial charge on any atom is 0.345 e. The third-order valence-corrected chi connectivity index (χ3v) is 4.31. The predicted molar refractivity (Wildman–Crippen MR) is 97.4 cm³/mol. The van der Waals surface area contributed by atoms with Crippen molar-refractivity contribution in [3.8, 4) is 16.9 Å². The number of hydrogen-bond donors (Lipinski definition) is 1. The van der Waals surface area contributed by atoms with E-state index in [-0.39, 0.29) is 0 Å². The minimum atomic E-state index is -0.409. The first-order chi connectivity index (χ1) is 11.6. The van der Waals surface area contributed by atoms with Crippen LogP contribution in [0.4, 0.5) is 0 Å². The fourth-order valence-electron chi connectivity index (χ4n) is 2.58. The van der Waals surface area contributed by atoms with Gasteiger partial charge < -0.3 is 9.40 Å². The van der Waals surface area contributed by atoms with E-state index in [2.05, 4.69) is 4.98 Å². The van der Waals surface area contributed by atoms with Gasteiger partial charge in [0.15, 0.2) is 4.77 Å². The van der Waals surface area contributed by atoms with E-state index in [0.717, 1.165) is 11.1 Å². The largest absolute Gasteiger partial charge is 0.422 e. The van der Waals surface area contributed by atoms with Crippen LogP contribution in [0.5, 0.6) is 0 Å². The van der Waals surface area contributed by atoms with Gasteiger partial charge in [0.2, 0.25) is 0 Å². The van der Waals surface area contributed by atoms with Gasteiger partial charge in [-0.3, -0.25) is 4.57 Å². The van der Waals surface area contributed by atoms with Gasteiger partial charge in [0, 0.05) is 22.3 Å². The molecule has 0 amide bonds. The zero-order valence-corrected chi connectivity index (χ0v) is 13.9. The molecule has 0 saturated heterocycles. The van der Waals surface area contributed by atoms with Crippen LogP contribution < -0.4 is 5.63 Å². The average Bonchev–Trinajstić information content (AvgIpc) is 2.96. The fraction of sp³-hybridized carbons (Fsp3) is 0. The summed E-state index contributed by atoms with van der Waals surface area (Å²) in [6.07, 6.45) is 1.78. The zero-order chi connectivity index (χ0) is 16.7. The van der Waals surface area contributed by atoms with Crippen LogP contribution in [-0.2, 0) is 0 Å². The summed E-state index contributed by atoms with van der Waals surface area (Å²) in [7, 11) is 0. The Bertz CT molecular complexity index is 1160. The van der Waals surface area contributed by atoms with Crippen LogP contribution in [0, 0.1) is 4.77 Å². The molecule has 2 heterocycles. The molecule has 0 bridgehead atoms. The molecule has 4 nitrogen and oxygen atoms in total. The van der Waals surface area contributed by atoms with Crippen molar-refractivity contribution in [2.75, 3.05) is 0 Å². The van der Waals surface area contributed by atoms with Crippen molar-refractivity contribution >= 4 is 34.8 Å². The third-order valence-electron chi connectivity index (χ3n) is 3.75. The van der Waals surface area contributed by atoms with E-state index in [0.29, 0.717) is 26.6 Å². The topological polar surface area (TPSA) is 50.9 Å². The maximum atomic E-state index is 12.3. The predicted octanol–water partition coefficient (Wildman–Crippen LogP) is 4.96. The Morgan fingerprint density at radius 2 is 1.83 bits per heavy atom. The van der Waals surface area contributed by atoms with Gasteiger partial charge >= 0.3 is 5.63 Å². The molecule has 4 rings (SSSR count). The van der Waals surface area contributed by atoms with Crippen LogP contribution in [0.2, 0.25) is 5.02 Å². The molecule has 0 aliphatic carbocycles. The lowest BCUT2D eigenvalue weighted by atomic mass is 10.1. The van der Waals surface area contributed by atoms with Gasteiger partial charge in [-0.15, -0.1) is 0 Å². The van der Waals surface area contributed by atoms with Crippen molar-refractivity contribution < 1.29 is 4.42 Å². The molecule has 6 heteroatoms. The van der Waals surface area contributed by atoms with Crippen molar-refractivity contribution in [1.29, 1.82) is 0 Å². The van der Waals surface area contributed by atoms with Gasteiger partial charge in [0.1, 0.15) is 5.58 Å². The van der Waals surface area contributed by atoms with E-state index in [1.165, 1.54) is 0 Å². The Balaban J connectivity index is 1.88. The molecule has 118 valence electrons. The highest BCUT2D eigenvalue weighted by Gasteiger charge is 2.11. The van der Waals surface area contributed by atoms with E-state index >= 15 is 0 Å². The molecule has 24 heavy (non-hydrogen) atoms. The van der Waals surface area contributed by atoms with Crippen molar-refractivity contribution in [3.05, 3.63) is 81.0 Å². The smallest absolute Gasteiger partial charge is 0.345 e. The van der Waals surface area contributed by atoms with Gasteiger partial charge in [-0.2, -0.15) is 0 Å². The van der Waals surface area contributed by atoms with Gasteiger partial charge in [-0.05, 0) is 48.6 Å². The van der Waals surface area contributed by atoms with Gasteiger partial charge in [0.05, 0.1) is 11.3 Å². The van der Waals surface area contributed by atoms with E-state index in [1.54, 1.807) is 35.0 Å².